The average Bonchev–Trinajstić information content (AvgIpc) is 3.39. The van der Waals surface area contributed by atoms with Gasteiger partial charge in [0.1, 0.15) is 12.2 Å². The predicted molar refractivity (Wildman–Crippen MR) is 153 cm³/mol. The van der Waals surface area contributed by atoms with Crippen LogP contribution < -0.4 is 23.5 Å². The molecular formula is C34H28ClN3O4. The third kappa shape index (κ3) is 7.55. The van der Waals surface area contributed by atoms with Gasteiger partial charge in [0.25, 0.3) is 5.84 Å². The summed E-state index contributed by atoms with van der Waals surface area (Å²) in [6.45, 7) is 1.46. The smallest absolute Gasteiger partial charge is 0.301 e. The molecule has 0 aliphatic carbocycles. The van der Waals surface area contributed by atoms with Crippen molar-refractivity contribution < 1.29 is 33.5 Å². The maximum atomic E-state index is 8.49. The minimum atomic E-state index is -4.94. The summed E-state index contributed by atoms with van der Waals surface area (Å²) in [7, 11) is -4.94. The van der Waals surface area contributed by atoms with Crippen molar-refractivity contribution in [2.75, 3.05) is 4.90 Å². The number of hydrogen-bond acceptors (Lipinski definition) is 5. The van der Waals surface area contributed by atoms with E-state index in [0.717, 1.165) is 47.3 Å². The Labute approximate surface area is 247 Å². The molecule has 0 aromatic heterocycles. The van der Waals surface area contributed by atoms with Crippen LogP contribution in [0.3, 0.4) is 0 Å². The molecule has 0 amide bonds. The zero-order valence-electron chi connectivity index (χ0n) is 22.6. The van der Waals surface area contributed by atoms with Crippen LogP contribution in [-0.4, -0.2) is 16.2 Å². The lowest BCUT2D eigenvalue weighted by Gasteiger charge is -2.22. The van der Waals surface area contributed by atoms with E-state index < -0.39 is 10.2 Å². The fraction of sp³-hybridized carbons (Fsp3) is 0.0588. The highest BCUT2D eigenvalue weighted by Gasteiger charge is 2.36. The van der Waals surface area contributed by atoms with Crippen molar-refractivity contribution in [1.29, 1.82) is 0 Å². The summed E-state index contributed by atoms with van der Waals surface area (Å²) >= 11 is 0. The summed E-state index contributed by atoms with van der Waals surface area (Å²) in [5.74, 6) is 1.93. The number of rotatable bonds is 6. The maximum Gasteiger partial charge on any atom is 0.334 e. The molecule has 0 fully saturated rings. The Morgan fingerprint density at radius 1 is 0.548 bits per heavy atom. The van der Waals surface area contributed by atoms with Gasteiger partial charge in [-0.05, 0) is 52.5 Å². The molecule has 210 valence electrons. The first kappa shape index (κ1) is 28.9. The summed E-state index contributed by atoms with van der Waals surface area (Å²) in [6.07, 6.45) is 0. The molecule has 1 aliphatic rings. The number of fused-ring (bicyclic) bond motifs is 1. The van der Waals surface area contributed by atoms with Crippen molar-refractivity contribution in [1.82, 2.24) is 0 Å². The van der Waals surface area contributed by atoms with Gasteiger partial charge in [0, 0.05) is 5.69 Å². The average molecular weight is 578 g/mol. The zero-order valence-corrected chi connectivity index (χ0v) is 23.4. The van der Waals surface area contributed by atoms with E-state index in [1.54, 1.807) is 0 Å². The highest BCUT2D eigenvalue weighted by atomic mass is 35.7. The molecule has 0 N–H and O–H groups in total. The first-order valence-electron chi connectivity index (χ1n) is 13.3. The Hall–Kier alpha value is -4.63. The SMILES string of the molecule is [O-][Cl+3]([O-])([O-])[O-].c1ccc(CN(C2=NC(=[N+](Cc3ccccc3)c3ccccc3)c3ccccc32)c2ccccc2)cc1. The van der Waals surface area contributed by atoms with E-state index in [1.807, 2.05) is 0 Å². The van der Waals surface area contributed by atoms with Gasteiger partial charge in [-0.2, -0.15) is 0 Å². The largest absolute Gasteiger partial charge is 0.334 e. The number of amidine groups is 2. The quantitative estimate of drug-likeness (QED) is 0.288. The molecule has 8 heteroatoms. The molecule has 5 aromatic carbocycles. The second kappa shape index (κ2) is 13.4. The lowest BCUT2D eigenvalue weighted by Crippen LogP contribution is -2.68. The molecule has 1 heterocycles. The highest BCUT2D eigenvalue weighted by Crippen LogP contribution is 2.29. The Morgan fingerprint density at radius 3 is 1.57 bits per heavy atom. The van der Waals surface area contributed by atoms with E-state index in [1.165, 1.54) is 11.1 Å². The maximum absolute atomic E-state index is 8.49. The van der Waals surface area contributed by atoms with Crippen molar-refractivity contribution in [3.63, 3.8) is 0 Å². The van der Waals surface area contributed by atoms with Crippen molar-refractivity contribution in [2.24, 2.45) is 4.99 Å². The molecule has 0 unspecified atom stereocenters. The third-order valence-electron chi connectivity index (χ3n) is 6.63. The molecule has 5 aromatic rings. The Kier molecular flexibility index (Phi) is 9.18. The highest BCUT2D eigenvalue weighted by molar-refractivity contribution is 6.25. The Balaban J connectivity index is 0.000000652. The van der Waals surface area contributed by atoms with Crippen LogP contribution in [0.25, 0.3) is 0 Å². The van der Waals surface area contributed by atoms with Crippen LogP contribution in [0.1, 0.15) is 22.3 Å². The van der Waals surface area contributed by atoms with Crippen LogP contribution >= 0.6 is 0 Å². The van der Waals surface area contributed by atoms with Crippen LogP contribution in [0.5, 0.6) is 0 Å². The first-order valence-corrected chi connectivity index (χ1v) is 14.5. The minimum absolute atomic E-state index is 0.731. The normalized spacial score (nSPS) is 13.4. The van der Waals surface area contributed by atoms with E-state index in [9.17, 15) is 0 Å². The van der Waals surface area contributed by atoms with Crippen LogP contribution in [0.4, 0.5) is 11.4 Å². The lowest BCUT2D eigenvalue weighted by molar-refractivity contribution is -2.00. The Morgan fingerprint density at radius 2 is 1.00 bits per heavy atom. The number of aliphatic imine (C=N–C) groups is 1. The topological polar surface area (TPSA) is 111 Å². The van der Waals surface area contributed by atoms with Gasteiger partial charge in [-0.25, -0.2) is 23.2 Å². The van der Waals surface area contributed by atoms with Gasteiger partial charge < -0.3 is 4.90 Å². The zero-order chi connectivity index (χ0) is 29.4. The summed E-state index contributed by atoms with van der Waals surface area (Å²) < 4.78 is 36.3. The van der Waals surface area contributed by atoms with Gasteiger partial charge in [0.05, 0.1) is 17.7 Å². The van der Waals surface area contributed by atoms with Crippen molar-refractivity contribution in [3.8, 4) is 0 Å². The van der Waals surface area contributed by atoms with Crippen LogP contribution in [0.15, 0.2) is 151 Å². The van der Waals surface area contributed by atoms with Gasteiger partial charge in [0.2, 0.25) is 0 Å². The van der Waals surface area contributed by atoms with Crippen LogP contribution in [-0.2, 0) is 13.1 Å². The van der Waals surface area contributed by atoms with E-state index in [2.05, 4.69) is 155 Å². The van der Waals surface area contributed by atoms with Gasteiger partial charge in [-0.3, -0.25) is 0 Å². The molecule has 7 nitrogen and oxygen atoms in total. The van der Waals surface area contributed by atoms with E-state index in [0.29, 0.717) is 0 Å². The van der Waals surface area contributed by atoms with Crippen molar-refractivity contribution in [3.05, 3.63) is 168 Å². The van der Waals surface area contributed by atoms with Crippen LogP contribution in [0.2, 0.25) is 0 Å². The lowest BCUT2D eigenvalue weighted by atomic mass is 10.1. The number of hydrogen-bond donors (Lipinski definition) is 0. The van der Waals surface area contributed by atoms with E-state index in [4.69, 9.17) is 23.6 Å². The van der Waals surface area contributed by atoms with Gasteiger partial charge in [0.15, 0.2) is 0 Å². The summed E-state index contributed by atoms with van der Waals surface area (Å²) in [5, 5.41) is 0. The van der Waals surface area contributed by atoms with Gasteiger partial charge in [-0.1, -0.05) is 109 Å². The van der Waals surface area contributed by atoms with E-state index in [-0.39, 0.29) is 0 Å². The Bertz CT molecular complexity index is 1650. The molecule has 0 bridgehead atoms. The van der Waals surface area contributed by atoms with Gasteiger partial charge >= 0.3 is 5.84 Å². The molecule has 0 saturated carbocycles. The molecular weight excluding hydrogens is 550 g/mol. The predicted octanol–water partition coefficient (Wildman–Crippen LogP) is 2.69. The second-order valence-electron chi connectivity index (χ2n) is 9.50. The molecule has 6 rings (SSSR count). The van der Waals surface area contributed by atoms with Gasteiger partial charge in [-0.15, -0.1) is 10.2 Å². The standard InChI is InChI=1S/C34H28N3.ClHO4/c1-5-15-27(16-6-1)25-36(29-19-9-3-10-20-29)33-31-23-13-14-24-32(31)34(35-33)37(30-21-11-4-12-22-30)26-28-17-7-2-8-18-28;2-1(3,4)5/h1-24H,25-26H2;(H,2,3,4,5)/q+1;/p-1. The second-order valence-corrected chi connectivity index (χ2v) is 10.3. The third-order valence-corrected chi connectivity index (χ3v) is 6.63. The molecule has 0 radical (unpaired) electrons. The fourth-order valence-electron chi connectivity index (χ4n) is 4.83. The number of benzene rings is 5. The van der Waals surface area contributed by atoms with Crippen LogP contribution in [0, 0.1) is 10.2 Å². The molecule has 0 saturated heterocycles. The minimum Gasteiger partial charge on any atom is -0.301 e. The molecule has 42 heavy (non-hydrogen) atoms. The monoisotopic (exact) mass is 577 g/mol. The molecule has 0 spiro atoms. The summed E-state index contributed by atoms with van der Waals surface area (Å²) in [5.41, 5.74) is 7.01. The number of para-hydroxylation sites is 2. The van der Waals surface area contributed by atoms with Crippen molar-refractivity contribution in [2.45, 2.75) is 13.1 Å². The van der Waals surface area contributed by atoms with E-state index >= 15 is 0 Å². The number of anilines is 1. The summed E-state index contributed by atoms with van der Waals surface area (Å²) in [4.78, 5) is 7.71. The molecule has 0 atom stereocenters. The number of halogens is 1. The molecule has 1 aliphatic heterocycles. The first-order chi connectivity index (χ1) is 20.4. The summed E-state index contributed by atoms with van der Waals surface area (Å²) in [6, 6.07) is 50.9. The van der Waals surface area contributed by atoms with Crippen molar-refractivity contribution >= 4 is 23.0 Å². The fourth-order valence-corrected chi connectivity index (χ4v) is 4.83. The number of nitrogens with zero attached hydrogens (tertiary/aromatic N) is 3.